The van der Waals surface area contributed by atoms with Crippen LogP contribution in [0.5, 0.6) is 0 Å². The van der Waals surface area contributed by atoms with Crippen LogP contribution in [0, 0.1) is 26.2 Å². The quantitative estimate of drug-likeness (QED) is 0.388. The number of para-hydroxylation sites is 1. The average Bonchev–Trinajstić information content (AvgIpc) is 2.99. The maximum Gasteiger partial charge on any atom is 0.349 e. The van der Waals surface area contributed by atoms with Crippen molar-refractivity contribution in [3.8, 4) is 12.3 Å². The normalized spacial score (nSPS) is 11.8. The molecule has 6 heteroatoms. The number of rotatable bonds is 2. The van der Waals surface area contributed by atoms with Crippen LogP contribution in [0.25, 0.3) is 21.2 Å². The summed E-state index contributed by atoms with van der Waals surface area (Å²) in [5.41, 5.74) is 2.74. The van der Waals surface area contributed by atoms with E-state index in [4.69, 9.17) is 10.8 Å². The number of benzene rings is 2. The lowest BCUT2D eigenvalue weighted by atomic mass is 10.1. The van der Waals surface area contributed by atoms with Crippen molar-refractivity contribution in [2.45, 2.75) is 20.4 Å². The van der Waals surface area contributed by atoms with Gasteiger partial charge in [0.1, 0.15) is 11.1 Å². The fourth-order valence-electron chi connectivity index (χ4n) is 3.20. The van der Waals surface area contributed by atoms with Crippen LogP contribution in [0.4, 0.5) is 0 Å². The van der Waals surface area contributed by atoms with Gasteiger partial charge in [-0.05, 0) is 43.2 Å². The molecule has 0 aliphatic heterocycles. The number of hydrogen-bond donors (Lipinski definition) is 0. The Hall–Kier alpha value is -3.43. The standard InChI is InChI=1S/C22H16N2O3S/c1-4-9-24-17-11-13(2)10-14(3)19(17)28-22(24)23-20(25)16-12-15-7-5-6-8-18(15)27-21(16)26/h1,5-8,10-12H,9H2,2-3H3. The molecule has 0 aliphatic rings. The Morgan fingerprint density at radius 2 is 2.04 bits per heavy atom. The molecule has 1 amide bonds. The lowest BCUT2D eigenvalue weighted by molar-refractivity contribution is 0.0994. The first-order chi connectivity index (χ1) is 13.5. The smallest absolute Gasteiger partial charge is 0.349 e. The summed E-state index contributed by atoms with van der Waals surface area (Å²) >= 11 is 1.38. The maximum atomic E-state index is 12.8. The molecule has 0 fully saturated rings. The Balaban J connectivity index is 1.93. The van der Waals surface area contributed by atoms with Crippen molar-refractivity contribution in [2.24, 2.45) is 4.99 Å². The van der Waals surface area contributed by atoms with Crippen molar-refractivity contribution >= 4 is 38.4 Å². The van der Waals surface area contributed by atoms with Gasteiger partial charge in [-0.3, -0.25) is 4.79 Å². The number of aryl methyl sites for hydroxylation is 2. The second kappa shape index (κ2) is 6.95. The van der Waals surface area contributed by atoms with Gasteiger partial charge < -0.3 is 8.98 Å². The topological polar surface area (TPSA) is 64.6 Å². The number of terminal acetylenes is 1. The first-order valence-corrected chi connectivity index (χ1v) is 9.45. The third-order valence-corrected chi connectivity index (χ3v) is 5.66. The summed E-state index contributed by atoms with van der Waals surface area (Å²) in [6.07, 6.45) is 5.53. The van der Waals surface area contributed by atoms with Gasteiger partial charge in [0, 0.05) is 5.39 Å². The summed E-state index contributed by atoms with van der Waals surface area (Å²) in [6, 6.07) is 12.6. The van der Waals surface area contributed by atoms with Crippen molar-refractivity contribution in [3.05, 3.63) is 74.4 Å². The van der Waals surface area contributed by atoms with Gasteiger partial charge in [-0.25, -0.2) is 4.79 Å². The maximum absolute atomic E-state index is 12.8. The van der Waals surface area contributed by atoms with Crippen LogP contribution in [0.15, 0.2) is 56.7 Å². The van der Waals surface area contributed by atoms with E-state index >= 15 is 0 Å². The highest BCUT2D eigenvalue weighted by molar-refractivity contribution is 7.16. The van der Waals surface area contributed by atoms with Crippen molar-refractivity contribution in [1.82, 2.24) is 4.57 Å². The van der Waals surface area contributed by atoms with Crippen molar-refractivity contribution < 1.29 is 9.21 Å². The minimum absolute atomic E-state index is 0.101. The second-order valence-corrected chi connectivity index (χ2v) is 7.48. The number of thiazole rings is 1. The predicted molar refractivity (Wildman–Crippen MR) is 110 cm³/mol. The van der Waals surface area contributed by atoms with Gasteiger partial charge in [0.05, 0.1) is 16.8 Å². The fourth-order valence-corrected chi connectivity index (χ4v) is 4.28. The van der Waals surface area contributed by atoms with E-state index in [2.05, 4.69) is 17.0 Å². The lowest BCUT2D eigenvalue weighted by Gasteiger charge is -2.03. The van der Waals surface area contributed by atoms with Gasteiger partial charge in [0.2, 0.25) is 0 Å². The van der Waals surface area contributed by atoms with E-state index in [1.165, 1.54) is 17.4 Å². The van der Waals surface area contributed by atoms with Crippen LogP contribution in [0.3, 0.4) is 0 Å². The van der Waals surface area contributed by atoms with E-state index in [1.807, 2.05) is 30.5 Å². The van der Waals surface area contributed by atoms with E-state index in [1.54, 1.807) is 18.2 Å². The van der Waals surface area contributed by atoms with E-state index in [0.29, 0.717) is 15.8 Å². The van der Waals surface area contributed by atoms with Gasteiger partial charge in [-0.2, -0.15) is 4.99 Å². The Bertz CT molecular complexity index is 1410. The molecule has 5 nitrogen and oxygen atoms in total. The fraction of sp³-hybridized carbons (Fsp3) is 0.136. The third-order valence-electron chi connectivity index (χ3n) is 4.43. The molecule has 0 aliphatic carbocycles. The van der Waals surface area contributed by atoms with Crippen molar-refractivity contribution in [3.63, 3.8) is 0 Å². The monoisotopic (exact) mass is 388 g/mol. The molecule has 0 spiro atoms. The van der Waals surface area contributed by atoms with E-state index in [-0.39, 0.29) is 12.1 Å². The number of hydrogen-bond acceptors (Lipinski definition) is 4. The van der Waals surface area contributed by atoms with Crippen LogP contribution >= 0.6 is 11.3 Å². The van der Waals surface area contributed by atoms with Crippen molar-refractivity contribution in [1.29, 1.82) is 0 Å². The van der Waals surface area contributed by atoms with Crippen molar-refractivity contribution in [2.75, 3.05) is 0 Å². The van der Waals surface area contributed by atoms with Crippen LogP contribution in [-0.4, -0.2) is 10.5 Å². The summed E-state index contributed by atoms with van der Waals surface area (Å²) < 4.78 is 8.08. The van der Waals surface area contributed by atoms with Crippen LogP contribution < -0.4 is 10.4 Å². The largest absolute Gasteiger partial charge is 0.422 e. The van der Waals surface area contributed by atoms with Gasteiger partial charge in [-0.1, -0.05) is 41.5 Å². The van der Waals surface area contributed by atoms with Gasteiger partial charge in [-0.15, -0.1) is 6.42 Å². The molecule has 4 aromatic rings. The number of fused-ring (bicyclic) bond motifs is 2. The van der Waals surface area contributed by atoms with Crippen LogP contribution in [0.1, 0.15) is 21.5 Å². The first kappa shape index (κ1) is 18.0. The van der Waals surface area contributed by atoms with Gasteiger partial charge in [0.15, 0.2) is 4.80 Å². The summed E-state index contributed by atoms with van der Waals surface area (Å²) in [4.78, 5) is 29.7. The number of nitrogens with zero attached hydrogens (tertiary/aromatic N) is 2. The van der Waals surface area contributed by atoms with Crippen LogP contribution in [0.2, 0.25) is 0 Å². The highest BCUT2D eigenvalue weighted by Crippen LogP contribution is 2.23. The molecular formula is C22H16N2O3S. The lowest BCUT2D eigenvalue weighted by Crippen LogP contribution is -2.19. The van der Waals surface area contributed by atoms with E-state index in [0.717, 1.165) is 21.3 Å². The first-order valence-electron chi connectivity index (χ1n) is 8.64. The molecule has 2 aromatic carbocycles. The Labute approximate surface area is 164 Å². The SMILES string of the molecule is C#CCn1c(=NC(=O)c2cc3ccccc3oc2=O)sc2c(C)cc(C)cc21. The molecule has 138 valence electrons. The molecule has 0 unspecified atom stereocenters. The number of aromatic nitrogens is 1. The summed E-state index contributed by atoms with van der Waals surface area (Å²) in [5, 5.41) is 0.667. The molecular weight excluding hydrogens is 372 g/mol. The molecule has 0 bridgehead atoms. The number of amides is 1. The molecule has 0 saturated carbocycles. The highest BCUT2D eigenvalue weighted by atomic mass is 32.1. The zero-order valence-corrected chi connectivity index (χ0v) is 16.2. The minimum Gasteiger partial charge on any atom is -0.422 e. The molecule has 28 heavy (non-hydrogen) atoms. The zero-order chi connectivity index (χ0) is 19.8. The number of carbonyl (C=O) groups is 1. The average molecular weight is 388 g/mol. The summed E-state index contributed by atoms with van der Waals surface area (Å²) in [5.74, 6) is 1.96. The third kappa shape index (κ3) is 3.06. The Kier molecular flexibility index (Phi) is 4.46. The molecule has 2 aromatic heterocycles. The zero-order valence-electron chi connectivity index (χ0n) is 15.4. The Morgan fingerprint density at radius 3 is 2.82 bits per heavy atom. The molecule has 2 heterocycles. The molecule has 0 radical (unpaired) electrons. The van der Waals surface area contributed by atoms with E-state index < -0.39 is 11.5 Å². The molecule has 0 atom stereocenters. The highest BCUT2D eigenvalue weighted by Gasteiger charge is 2.15. The predicted octanol–water partition coefficient (Wildman–Crippen LogP) is 3.80. The molecule has 4 rings (SSSR count). The van der Waals surface area contributed by atoms with Crippen LogP contribution in [-0.2, 0) is 6.54 Å². The van der Waals surface area contributed by atoms with Gasteiger partial charge in [0.25, 0.3) is 5.91 Å². The molecule has 0 saturated heterocycles. The molecule has 0 N–H and O–H groups in total. The number of carbonyl (C=O) groups excluding carboxylic acids is 1. The van der Waals surface area contributed by atoms with Gasteiger partial charge >= 0.3 is 5.63 Å². The summed E-state index contributed by atoms with van der Waals surface area (Å²) in [6.45, 7) is 4.30. The minimum atomic E-state index is -0.705. The second-order valence-electron chi connectivity index (χ2n) is 6.51. The van der Waals surface area contributed by atoms with E-state index in [9.17, 15) is 9.59 Å². The summed E-state index contributed by atoms with van der Waals surface area (Å²) in [7, 11) is 0. The Morgan fingerprint density at radius 1 is 1.25 bits per heavy atom.